The van der Waals surface area contributed by atoms with E-state index in [-0.39, 0.29) is 5.92 Å². The first kappa shape index (κ1) is 17.4. The number of aryl methyl sites for hydroxylation is 2. The summed E-state index contributed by atoms with van der Waals surface area (Å²) in [5.74, 6) is 2.04. The van der Waals surface area contributed by atoms with Crippen molar-refractivity contribution in [1.82, 2.24) is 19.9 Å². The molecule has 0 radical (unpaired) electrons. The van der Waals surface area contributed by atoms with Gasteiger partial charge in [0.25, 0.3) is 0 Å². The van der Waals surface area contributed by atoms with Gasteiger partial charge in [0.05, 0.1) is 18.0 Å². The fourth-order valence-electron chi connectivity index (χ4n) is 3.30. The second kappa shape index (κ2) is 7.31. The summed E-state index contributed by atoms with van der Waals surface area (Å²) in [5, 5.41) is 3.43. The average Bonchev–Trinajstić information content (AvgIpc) is 3.14. The predicted molar refractivity (Wildman–Crippen MR) is 105 cm³/mol. The molecule has 0 amide bonds. The quantitative estimate of drug-likeness (QED) is 0.747. The Bertz CT molecular complexity index is 955. The van der Waals surface area contributed by atoms with Gasteiger partial charge in [-0.1, -0.05) is 6.92 Å². The van der Waals surface area contributed by atoms with Crippen LogP contribution in [-0.2, 0) is 6.42 Å². The molecular formula is C21H23N5O. The molecule has 0 aromatic carbocycles. The van der Waals surface area contributed by atoms with E-state index in [4.69, 9.17) is 4.74 Å². The minimum absolute atomic E-state index is 0.276. The Hall–Kier alpha value is -3.02. The van der Waals surface area contributed by atoms with Crippen LogP contribution in [0.2, 0.25) is 0 Å². The number of aromatic nitrogens is 4. The fraction of sp³-hybridized carbons (Fsp3) is 0.333. The fourth-order valence-corrected chi connectivity index (χ4v) is 3.30. The Morgan fingerprint density at radius 3 is 2.81 bits per heavy atom. The predicted octanol–water partition coefficient (Wildman–Crippen LogP) is 3.70. The van der Waals surface area contributed by atoms with E-state index in [2.05, 4.69) is 38.2 Å². The molecule has 0 saturated carbocycles. The van der Waals surface area contributed by atoms with Crippen molar-refractivity contribution in [2.45, 2.75) is 33.1 Å². The van der Waals surface area contributed by atoms with Crippen molar-refractivity contribution in [2.24, 2.45) is 0 Å². The van der Waals surface area contributed by atoms with Crippen molar-refractivity contribution in [1.29, 1.82) is 0 Å². The second-order valence-corrected chi connectivity index (χ2v) is 6.99. The lowest BCUT2D eigenvalue weighted by atomic mass is 9.99. The number of nitrogens with one attached hydrogen (secondary N) is 1. The Balaban J connectivity index is 1.49. The molecule has 1 atom stereocenters. The molecule has 3 aromatic heterocycles. The molecule has 1 aliphatic heterocycles. The standard InChI is InChI=1S/C21H23N5O/c1-13(17-8-15(3)26-18-6-7-27-21(17)18)10-23-20-9-19(24-12-25-20)16-5-4-14(2)22-11-16/h4-5,8-9,11-13H,6-7,10H2,1-3H3,(H,23,24,25). The molecule has 0 spiro atoms. The summed E-state index contributed by atoms with van der Waals surface area (Å²) < 4.78 is 5.82. The monoisotopic (exact) mass is 361 g/mol. The molecular weight excluding hydrogens is 338 g/mol. The first-order valence-electron chi connectivity index (χ1n) is 9.22. The van der Waals surface area contributed by atoms with E-state index in [1.54, 1.807) is 6.33 Å². The maximum absolute atomic E-state index is 5.82. The first-order valence-corrected chi connectivity index (χ1v) is 9.22. The van der Waals surface area contributed by atoms with Crippen LogP contribution >= 0.6 is 0 Å². The number of pyridine rings is 2. The maximum atomic E-state index is 5.82. The van der Waals surface area contributed by atoms with Gasteiger partial charge in [0, 0.05) is 53.7 Å². The van der Waals surface area contributed by atoms with E-state index in [9.17, 15) is 0 Å². The molecule has 1 N–H and O–H groups in total. The summed E-state index contributed by atoms with van der Waals surface area (Å²) >= 11 is 0. The lowest BCUT2D eigenvalue weighted by Gasteiger charge is -2.17. The van der Waals surface area contributed by atoms with Gasteiger partial charge in [-0.25, -0.2) is 9.97 Å². The highest BCUT2D eigenvalue weighted by molar-refractivity contribution is 5.61. The number of rotatable bonds is 5. The van der Waals surface area contributed by atoms with Crippen molar-refractivity contribution < 1.29 is 4.74 Å². The van der Waals surface area contributed by atoms with Crippen molar-refractivity contribution >= 4 is 5.82 Å². The molecule has 6 nitrogen and oxygen atoms in total. The van der Waals surface area contributed by atoms with E-state index < -0.39 is 0 Å². The van der Waals surface area contributed by atoms with Gasteiger partial charge in [0.15, 0.2) is 0 Å². The van der Waals surface area contributed by atoms with Crippen molar-refractivity contribution in [2.75, 3.05) is 18.5 Å². The van der Waals surface area contributed by atoms with Gasteiger partial charge in [-0.3, -0.25) is 9.97 Å². The first-order chi connectivity index (χ1) is 13.1. The van der Waals surface area contributed by atoms with Crippen LogP contribution in [0.25, 0.3) is 11.3 Å². The molecule has 0 saturated heterocycles. The van der Waals surface area contributed by atoms with E-state index in [1.165, 1.54) is 5.56 Å². The topological polar surface area (TPSA) is 72.8 Å². The van der Waals surface area contributed by atoms with Gasteiger partial charge >= 0.3 is 0 Å². The van der Waals surface area contributed by atoms with Gasteiger partial charge in [-0.15, -0.1) is 0 Å². The lowest BCUT2D eigenvalue weighted by molar-refractivity contribution is 0.352. The number of fused-ring (bicyclic) bond motifs is 1. The van der Waals surface area contributed by atoms with Crippen molar-refractivity contribution in [3.05, 3.63) is 59.4 Å². The van der Waals surface area contributed by atoms with Crippen LogP contribution in [0.4, 0.5) is 5.82 Å². The van der Waals surface area contributed by atoms with Crippen molar-refractivity contribution in [3.8, 4) is 17.0 Å². The summed E-state index contributed by atoms with van der Waals surface area (Å²) in [4.78, 5) is 17.7. The molecule has 3 aromatic rings. The Morgan fingerprint density at radius 1 is 1.11 bits per heavy atom. The minimum atomic E-state index is 0.276. The molecule has 0 aliphatic carbocycles. The molecule has 27 heavy (non-hydrogen) atoms. The summed E-state index contributed by atoms with van der Waals surface area (Å²) in [6.07, 6.45) is 4.31. The van der Waals surface area contributed by atoms with Crippen LogP contribution in [0, 0.1) is 13.8 Å². The van der Waals surface area contributed by atoms with Gasteiger partial charge < -0.3 is 10.1 Å². The summed E-state index contributed by atoms with van der Waals surface area (Å²) in [6.45, 7) is 7.67. The van der Waals surface area contributed by atoms with Crippen LogP contribution in [0.3, 0.4) is 0 Å². The normalized spacial score (nSPS) is 13.7. The van der Waals surface area contributed by atoms with Gasteiger partial charge in [-0.05, 0) is 32.0 Å². The number of nitrogens with zero attached hydrogens (tertiary/aromatic N) is 4. The molecule has 1 aliphatic rings. The van der Waals surface area contributed by atoms with E-state index in [0.29, 0.717) is 0 Å². The summed E-state index contributed by atoms with van der Waals surface area (Å²) in [5.41, 5.74) is 6.15. The molecule has 4 heterocycles. The molecule has 1 unspecified atom stereocenters. The zero-order valence-corrected chi connectivity index (χ0v) is 15.9. The minimum Gasteiger partial charge on any atom is -0.491 e. The maximum Gasteiger partial charge on any atom is 0.144 e. The van der Waals surface area contributed by atoms with E-state index in [0.717, 1.165) is 59.5 Å². The average molecular weight is 361 g/mol. The highest BCUT2D eigenvalue weighted by Crippen LogP contribution is 2.34. The number of anilines is 1. The largest absolute Gasteiger partial charge is 0.491 e. The molecule has 0 bridgehead atoms. The van der Waals surface area contributed by atoms with Crippen molar-refractivity contribution in [3.63, 3.8) is 0 Å². The lowest BCUT2D eigenvalue weighted by Crippen LogP contribution is -2.12. The number of hydrogen-bond donors (Lipinski definition) is 1. The van der Waals surface area contributed by atoms with Gasteiger partial charge in [0.1, 0.15) is 17.9 Å². The zero-order chi connectivity index (χ0) is 18.8. The zero-order valence-electron chi connectivity index (χ0n) is 15.9. The third-order valence-corrected chi connectivity index (χ3v) is 4.78. The van der Waals surface area contributed by atoms with Gasteiger partial charge in [0.2, 0.25) is 0 Å². The SMILES string of the molecule is Cc1ccc(-c2cc(NCC(C)c3cc(C)nc4c3OCC4)ncn2)cn1. The van der Waals surface area contributed by atoms with E-state index >= 15 is 0 Å². The third-order valence-electron chi connectivity index (χ3n) is 4.78. The van der Waals surface area contributed by atoms with Crippen LogP contribution in [0.1, 0.15) is 35.5 Å². The van der Waals surface area contributed by atoms with E-state index in [1.807, 2.05) is 38.2 Å². The Labute approximate surface area is 159 Å². The molecule has 138 valence electrons. The highest BCUT2D eigenvalue weighted by atomic mass is 16.5. The highest BCUT2D eigenvalue weighted by Gasteiger charge is 2.22. The molecule has 4 rings (SSSR count). The second-order valence-electron chi connectivity index (χ2n) is 6.99. The van der Waals surface area contributed by atoms with Gasteiger partial charge in [-0.2, -0.15) is 0 Å². The summed E-state index contributed by atoms with van der Waals surface area (Å²) in [6, 6.07) is 8.09. The number of hydrogen-bond acceptors (Lipinski definition) is 6. The third kappa shape index (κ3) is 3.74. The molecule has 0 fully saturated rings. The van der Waals surface area contributed by atoms with Crippen LogP contribution in [0.5, 0.6) is 5.75 Å². The number of ether oxygens (including phenoxy) is 1. The molecule has 6 heteroatoms. The Morgan fingerprint density at radius 2 is 2.00 bits per heavy atom. The van der Waals surface area contributed by atoms with Crippen LogP contribution < -0.4 is 10.1 Å². The smallest absolute Gasteiger partial charge is 0.144 e. The summed E-state index contributed by atoms with van der Waals surface area (Å²) in [7, 11) is 0. The Kier molecular flexibility index (Phi) is 4.71. The van der Waals surface area contributed by atoms with Crippen LogP contribution in [0.15, 0.2) is 36.8 Å². The van der Waals surface area contributed by atoms with Crippen LogP contribution in [-0.4, -0.2) is 33.1 Å².